The van der Waals surface area contributed by atoms with Gasteiger partial charge in [-0.1, -0.05) is 48.5 Å². The molecule has 0 unspecified atom stereocenters. The molecule has 3 aromatic rings. The summed E-state index contributed by atoms with van der Waals surface area (Å²) >= 11 is 1.55. The van der Waals surface area contributed by atoms with Gasteiger partial charge in [0.15, 0.2) is 0 Å². The predicted molar refractivity (Wildman–Crippen MR) is 106 cm³/mol. The molecule has 0 aliphatic carbocycles. The molecule has 2 aromatic carbocycles. The molecule has 0 fully saturated rings. The Kier molecular flexibility index (Phi) is 6.12. The molecule has 0 spiro atoms. The van der Waals surface area contributed by atoms with E-state index in [1.165, 1.54) is 5.56 Å². The van der Waals surface area contributed by atoms with Crippen LogP contribution in [0.25, 0.3) is 0 Å². The summed E-state index contributed by atoms with van der Waals surface area (Å²) in [7, 11) is 0. The van der Waals surface area contributed by atoms with Crippen molar-refractivity contribution in [2.45, 2.75) is 31.8 Å². The number of benzene rings is 2. The van der Waals surface area contributed by atoms with Gasteiger partial charge in [-0.05, 0) is 31.5 Å². The maximum atomic E-state index is 12.2. The van der Waals surface area contributed by atoms with Crippen molar-refractivity contribution in [3.8, 4) is 0 Å². The molecule has 0 radical (unpaired) electrons. The SMILES string of the molecule is Cc1nn(Cc2ccccc2)c(C)c1CNC(=O)CSc1ccccc1. The van der Waals surface area contributed by atoms with Crippen molar-refractivity contribution < 1.29 is 4.79 Å². The molecule has 5 heteroatoms. The van der Waals surface area contributed by atoms with Gasteiger partial charge < -0.3 is 5.32 Å². The molecular weight excluding hydrogens is 342 g/mol. The van der Waals surface area contributed by atoms with Gasteiger partial charge in [-0.15, -0.1) is 11.8 Å². The van der Waals surface area contributed by atoms with Gasteiger partial charge in [-0.3, -0.25) is 9.48 Å². The Hall–Kier alpha value is -2.53. The lowest BCUT2D eigenvalue weighted by Crippen LogP contribution is -2.25. The molecule has 1 aromatic heterocycles. The van der Waals surface area contributed by atoms with Gasteiger partial charge in [0.1, 0.15) is 0 Å². The molecule has 4 nitrogen and oxygen atoms in total. The summed E-state index contributed by atoms with van der Waals surface area (Å²) in [5.41, 5.74) is 4.38. The van der Waals surface area contributed by atoms with Crippen molar-refractivity contribution in [3.05, 3.63) is 83.2 Å². The van der Waals surface area contributed by atoms with E-state index in [0.717, 1.165) is 28.4 Å². The number of thioether (sulfide) groups is 1. The highest BCUT2D eigenvalue weighted by molar-refractivity contribution is 8.00. The predicted octanol–water partition coefficient (Wildman–Crippen LogP) is 3.96. The summed E-state index contributed by atoms with van der Waals surface area (Å²) in [6.07, 6.45) is 0. The number of nitrogens with zero attached hydrogens (tertiary/aromatic N) is 2. The molecule has 1 N–H and O–H groups in total. The lowest BCUT2D eigenvalue weighted by molar-refractivity contribution is -0.118. The Bertz CT molecular complexity index is 860. The third kappa shape index (κ3) is 4.76. The quantitative estimate of drug-likeness (QED) is 0.645. The van der Waals surface area contributed by atoms with Gasteiger partial charge in [-0.2, -0.15) is 5.10 Å². The largest absolute Gasteiger partial charge is 0.351 e. The van der Waals surface area contributed by atoms with Crippen LogP contribution in [0.15, 0.2) is 65.6 Å². The fourth-order valence-electron chi connectivity index (χ4n) is 2.80. The van der Waals surface area contributed by atoms with E-state index in [1.807, 2.05) is 60.1 Å². The molecule has 0 atom stereocenters. The molecule has 0 aliphatic heterocycles. The molecule has 0 saturated carbocycles. The number of hydrogen-bond acceptors (Lipinski definition) is 3. The summed E-state index contributed by atoms with van der Waals surface area (Å²) in [6.45, 7) is 5.31. The zero-order valence-corrected chi connectivity index (χ0v) is 15.9. The molecule has 3 rings (SSSR count). The fraction of sp³-hybridized carbons (Fsp3) is 0.238. The van der Waals surface area contributed by atoms with E-state index >= 15 is 0 Å². The first-order valence-corrected chi connectivity index (χ1v) is 9.63. The zero-order valence-electron chi connectivity index (χ0n) is 15.1. The van der Waals surface area contributed by atoms with Crippen molar-refractivity contribution in [3.63, 3.8) is 0 Å². The van der Waals surface area contributed by atoms with E-state index in [9.17, 15) is 4.79 Å². The second kappa shape index (κ2) is 8.72. The van der Waals surface area contributed by atoms with Crippen LogP contribution < -0.4 is 5.32 Å². The first-order valence-electron chi connectivity index (χ1n) is 8.65. The van der Waals surface area contributed by atoms with Crippen LogP contribution in [0.4, 0.5) is 0 Å². The normalized spacial score (nSPS) is 10.7. The van der Waals surface area contributed by atoms with Crippen molar-refractivity contribution in [1.82, 2.24) is 15.1 Å². The van der Waals surface area contributed by atoms with Crippen molar-refractivity contribution >= 4 is 17.7 Å². The first kappa shape index (κ1) is 18.3. The Labute approximate surface area is 158 Å². The summed E-state index contributed by atoms with van der Waals surface area (Å²) in [6, 6.07) is 20.2. The topological polar surface area (TPSA) is 46.9 Å². The van der Waals surface area contributed by atoms with E-state index in [4.69, 9.17) is 0 Å². The van der Waals surface area contributed by atoms with Gasteiger partial charge in [-0.25, -0.2) is 0 Å². The number of carbonyl (C=O) groups excluding carboxylic acids is 1. The fourth-order valence-corrected chi connectivity index (χ4v) is 3.55. The lowest BCUT2D eigenvalue weighted by Gasteiger charge is -2.07. The van der Waals surface area contributed by atoms with E-state index < -0.39 is 0 Å². The summed E-state index contributed by atoms with van der Waals surface area (Å²) in [5.74, 6) is 0.453. The number of amides is 1. The van der Waals surface area contributed by atoms with Crippen LogP contribution in [-0.4, -0.2) is 21.4 Å². The minimum atomic E-state index is 0.0356. The van der Waals surface area contributed by atoms with Crippen molar-refractivity contribution in [1.29, 1.82) is 0 Å². The highest BCUT2D eigenvalue weighted by Crippen LogP contribution is 2.17. The van der Waals surface area contributed by atoms with Crippen LogP contribution in [0.1, 0.15) is 22.5 Å². The second-order valence-corrected chi connectivity index (χ2v) is 7.22. The molecule has 0 aliphatic rings. The third-order valence-corrected chi connectivity index (χ3v) is 5.29. The Morgan fingerprint density at radius 3 is 2.38 bits per heavy atom. The average molecular weight is 366 g/mol. The van der Waals surface area contributed by atoms with E-state index in [0.29, 0.717) is 12.3 Å². The minimum absolute atomic E-state index is 0.0356. The van der Waals surface area contributed by atoms with Gasteiger partial charge in [0.2, 0.25) is 5.91 Å². The molecule has 1 heterocycles. The van der Waals surface area contributed by atoms with Crippen LogP contribution in [0, 0.1) is 13.8 Å². The number of hydrogen-bond donors (Lipinski definition) is 1. The molecule has 0 saturated heterocycles. The molecule has 0 bridgehead atoms. The number of nitrogens with one attached hydrogen (secondary N) is 1. The van der Waals surface area contributed by atoms with E-state index in [2.05, 4.69) is 29.5 Å². The number of aromatic nitrogens is 2. The lowest BCUT2D eigenvalue weighted by atomic mass is 10.2. The van der Waals surface area contributed by atoms with Crippen LogP contribution >= 0.6 is 11.8 Å². The molecule has 1 amide bonds. The maximum absolute atomic E-state index is 12.2. The smallest absolute Gasteiger partial charge is 0.230 e. The zero-order chi connectivity index (χ0) is 18.4. The maximum Gasteiger partial charge on any atom is 0.230 e. The monoisotopic (exact) mass is 365 g/mol. The van der Waals surface area contributed by atoms with Gasteiger partial charge in [0.25, 0.3) is 0 Å². The average Bonchev–Trinajstić information content (AvgIpc) is 2.93. The van der Waals surface area contributed by atoms with Gasteiger partial charge in [0, 0.05) is 22.7 Å². The Balaban J connectivity index is 1.57. The van der Waals surface area contributed by atoms with Crippen molar-refractivity contribution in [2.24, 2.45) is 0 Å². The minimum Gasteiger partial charge on any atom is -0.351 e. The van der Waals surface area contributed by atoms with Crippen LogP contribution in [0.5, 0.6) is 0 Å². The molecule has 134 valence electrons. The standard InChI is InChI=1S/C21H23N3OS/c1-16-20(13-22-21(25)15-26-19-11-7-4-8-12-19)17(2)24(23-16)14-18-9-5-3-6-10-18/h3-12H,13-15H2,1-2H3,(H,22,25). The Morgan fingerprint density at radius 2 is 1.69 bits per heavy atom. The second-order valence-electron chi connectivity index (χ2n) is 6.17. The molecule has 26 heavy (non-hydrogen) atoms. The van der Waals surface area contributed by atoms with Crippen LogP contribution in [-0.2, 0) is 17.9 Å². The summed E-state index contributed by atoms with van der Waals surface area (Å²) < 4.78 is 2.00. The number of rotatable bonds is 7. The van der Waals surface area contributed by atoms with Gasteiger partial charge in [0.05, 0.1) is 18.0 Å². The van der Waals surface area contributed by atoms with E-state index in [1.54, 1.807) is 11.8 Å². The summed E-state index contributed by atoms with van der Waals surface area (Å²) in [5, 5.41) is 7.65. The molecular formula is C21H23N3OS. The third-order valence-electron chi connectivity index (χ3n) is 4.28. The highest BCUT2D eigenvalue weighted by Gasteiger charge is 2.13. The highest BCUT2D eigenvalue weighted by atomic mass is 32.2. The number of aryl methyl sites for hydroxylation is 1. The van der Waals surface area contributed by atoms with Crippen LogP contribution in [0.3, 0.4) is 0 Å². The summed E-state index contributed by atoms with van der Waals surface area (Å²) in [4.78, 5) is 13.3. The van der Waals surface area contributed by atoms with Gasteiger partial charge >= 0.3 is 0 Å². The van der Waals surface area contributed by atoms with E-state index in [-0.39, 0.29) is 5.91 Å². The van der Waals surface area contributed by atoms with Crippen LogP contribution in [0.2, 0.25) is 0 Å². The first-order chi connectivity index (χ1) is 12.6. The Morgan fingerprint density at radius 1 is 1.04 bits per heavy atom. The van der Waals surface area contributed by atoms with Crippen molar-refractivity contribution in [2.75, 3.05) is 5.75 Å². The number of carbonyl (C=O) groups is 1.